The van der Waals surface area contributed by atoms with Crippen molar-refractivity contribution in [3.8, 4) is 0 Å². The van der Waals surface area contributed by atoms with E-state index in [1.165, 1.54) is 44.1 Å². The standard InChI is InChI=1S/C24H32N2O3/c1-2-16-3-5-20(6-4-16)21(27)7-8-22(28)25-26-23(29)15-24-12-17-9-18(13-24)11-19(10-17)14-24/h3-6,17-19H,2,7-15H2,1H3,(H,25,28)(H,26,29). The first-order valence-electron chi connectivity index (χ1n) is 11.1. The number of hydrogen-bond donors (Lipinski definition) is 2. The lowest BCUT2D eigenvalue weighted by molar-refractivity contribution is -0.134. The van der Waals surface area contributed by atoms with E-state index in [9.17, 15) is 14.4 Å². The van der Waals surface area contributed by atoms with Gasteiger partial charge in [0.25, 0.3) is 0 Å². The minimum absolute atomic E-state index is 0.0531. The summed E-state index contributed by atoms with van der Waals surface area (Å²) in [7, 11) is 0. The van der Waals surface area contributed by atoms with Gasteiger partial charge in [-0.1, -0.05) is 31.2 Å². The van der Waals surface area contributed by atoms with E-state index in [-0.39, 0.29) is 35.9 Å². The molecule has 0 saturated heterocycles. The molecule has 0 radical (unpaired) electrons. The highest BCUT2D eigenvalue weighted by Crippen LogP contribution is 2.61. The maximum Gasteiger partial charge on any atom is 0.238 e. The Balaban J connectivity index is 1.19. The van der Waals surface area contributed by atoms with Crippen molar-refractivity contribution in [3.63, 3.8) is 0 Å². The molecule has 2 amide bonds. The molecule has 1 aromatic rings. The Morgan fingerprint density at radius 3 is 1.97 bits per heavy atom. The smallest absolute Gasteiger partial charge is 0.238 e. The number of aryl methyl sites for hydroxylation is 1. The van der Waals surface area contributed by atoms with Gasteiger partial charge in [-0.05, 0) is 73.7 Å². The highest BCUT2D eigenvalue weighted by atomic mass is 16.2. The zero-order valence-electron chi connectivity index (χ0n) is 17.3. The second-order valence-electron chi connectivity index (χ2n) is 9.66. The zero-order chi connectivity index (χ0) is 20.4. The lowest BCUT2D eigenvalue weighted by Gasteiger charge is -2.56. The first kappa shape index (κ1) is 20.1. The molecule has 0 aromatic heterocycles. The minimum atomic E-state index is -0.317. The number of nitrogens with one attached hydrogen (secondary N) is 2. The number of Topliss-reactive ketones (excluding diaryl/α,β-unsaturated/α-hetero) is 1. The topological polar surface area (TPSA) is 75.3 Å². The lowest BCUT2D eigenvalue weighted by atomic mass is 9.49. The summed E-state index contributed by atoms with van der Waals surface area (Å²) in [5.74, 6) is 1.95. The first-order chi connectivity index (χ1) is 13.9. The van der Waals surface area contributed by atoms with E-state index >= 15 is 0 Å². The van der Waals surface area contributed by atoms with Gasteiger partial charge in [-0.25, -0.2) is 0 Å². The van der Waals surface area contributed by atoms with E-state index in [2.05, 4.69) is 17.8 Å². The van der Waals surface area contributed by atoms with Crippen molar-refractivity contribution in [2.24, 2.45) is 23.2 Å². The van der Waals surface area contributed by atoms with Crippen LogP contribution in [0.3, 0.4) is 0 Å². The van der Waals surface area contributed by atoms with Crippen LogP contribution in [0.1, 0.15) is 80.6 Å². The zero-order valence-corrected chi connectivity index (χ0v) is 17.3. The van der Waals surface area contributed by atoms with Gasteiger partial charge >= 0.3 is 0 Å². The number of amides is 2. The average Bonchev–Trinajstić information content (AvgIpc) is 2.69. The molecule has 4 aliphatic rings. The van der Waals surface area contributed by atoms with Crippen molar-refractivity contribution < 1.29 is 14.4 Å². The number of carbonyl (C=O) groups is 3. The predicted octanol–water partition coefficient (Wildman–Crippen LogP) is 3.97. The summed E-state index contributed by atoms with van der Waals surface area (Å²) in [4.78, 5) is 36.8. The maximum atomic E-state index is 12.5. The minimum Gasteiger partial charge on any atom is -0.294 e. The fraction of sp³-hybridized carbons (Fsp3) is 0.625. The molecule has 0 atom stereocenters. The van der Waals surface area contributed by atoms with Gasteiger partial charge in [0.05, 0.1) is 0 Å². The normalized spacial score (nSPS) is 29.5. The molecule has 0 unspecified atom stereocenters. The Morgan fingerprint density at radius 2 is 1.41 bits per heavy atom. The van der Waals surface area contributed by atoms with Crippen LogP contribution in [0.4, 0.5) is 0 Å². The molecule has 4 saturated carbocycles. The number of hydrogen-bond acceptors (Lipinski definition) is 3. The molecule has 4 fully saturated rings. The van der Waals surface area contributed by atoms with Crippen LogP contribution in [0.5, 0.6) is 0 Å². The third-order valence-corrected chi connectivity index (χ3v) is 7.31. The third kappa shape index (κ3) is 4.71. The number of carbonyl (C=O) groups excluding carboxylic acids is 3. The quantitative estimate of drug-likeness (QED) is 0.541. The summed E-state index contributed by atoms with van der Waals surface area (Å²) < 4.78 is 0. The van der Waals surface area contributed by atoms with E-state index in [4.69, 9.17) is 0 Å². The van der Waals surface area contributed by atoms with Crippen LogP contribution in [-0.4, -0.2) is 17.6 Å². The molecular weight excluding hydrogens is 364 g/mol. The summed E-state index contributed by atoms with van der Waals surface area (Å²) in [6, 6.07) is 7.51. The molecule has 0 aliphatic heterocycles. The molecule has 5 rings (SSSR count). The Labute approximate surface area is 173 Å². The second-order valence-corrected chi connectivity index (χ2v) is 9.66. The Kier molecular flexibility index (Phi) is 5.75. The van der Waals surface area contributed by atoms with Crippen molar-refractivity contribution in [1.82, 2.24) is 10.9 Å². The van der Waals surface area contributed by atoms with Crippen molar-refractivity contribution >= 4 is 17.6 Å². The number of benzene rings is 1. The summed E-state index contributed by atoms with van der Waals surface area (Å²) in [5.41, 5.74) is 7.05. The lowest BCUT2D eigenvalue weighted by Crippen LogP contribution is -2.50. The van der Waals surface area contributed by atoms with Gasteiger partial charge in [0.1, 0.15) is 0 Å². The van der Waals surface area contributed by atoms with E-state index < -0.39 is 0 Å². The highest BCUT2D eigenvalue weighted by Gasteiger charge is 2.51. The van der Waals surface area contributed by atoms with E-state index in [1.807, 2.05) is 24.3 Å². The van der Waals surface area contributed by atoms with Crippen LogP contribution in [0, 0.1) is 23.2 Å². The predicted molar refractivity (Wildman–Crippen MR) is 111 cm³/mol. The number of ketones is 1. The van der Waals surface area contributed by atoms with E-state index in [1.54, 1.807) is 0 Å². The fourth-order valence-electron chi connectivity index (χ4n) is 6.39. The Bertz CT molecular complexity index is 749. The van der Waals surface area contributed by atoms with Crippen LogP contribution >= 0.6 is 0 Å². The van der Waals surface area contributed by atoms with Gasteiger partial charge in [0, 0.05) is 24.8 Å². The summed E-state index contributed by atoms with van der Waals surface area (Å²) in [6.45, 7) is 2.07. The molecule has 2 N–H and O–H groups in total. The summed E-state index contributed by atoms with van der Waals surface area (Å²) in [5, 5.41) is 0. The molecule has 0 spiro atoms. The van der Waals surface area contributed by atoms with Gasteiger partial charge in [0.2, 0.25) is 11.8 Å². The van der Waals surface area contributed by atoms with Gasteiger partial charge in [-0.2, -0.15) is 0 Å². The second kappa shape index (κ2) is 8.29. The SMILES string of the molecule is CCc1ccc(C(=O)CCC(=O)NNC(=O)CC23CC4CC(CC(C4)C2)C3)cc1. The molecule has 29 heavy (non-hydrogen) atoms. The maximum absolute atomic E-state index is 12.5. The van der Waals surface area contributed by atoms with Crippen molar-refractivity contribution in [3.05, 3.63) is 35.4 Å². The molecule has 4 aliphatic carbocycles. The van der Waals surface area contributed by atoms with E-state index in [0.717, 1.165) is 24.2 Å². The number of hydrazine groups is 1. The summed E-state index contributed by atoms with van der Waals surface area (Å²) in [6.07, 6.45) is 9.24. The van der Waals surface area contributed by atoms with Gasteiger partial charge in [-0.3, -0.25) is 25.2 Å². The van der Waals surface area contributed by atoms with Crippen LogP contribution < -0.4 is 10.9 Å². The molecule has 1 aromatic carbocycles. The largest absolute Gasteiger partial charge is 0.294 e. The molecule has 5 heteroatoms. The third-order valence-electron chi connectivity index (χ3n) is 7.31. The van der Waals surface area contributed by atoms with Crippen LogP contribution in [0.25, 0.3) is 0 Å². The van der Waals surface area contributed by atoms with Gasteiger partial charge in [-0.15, -0.1) is 0 Å². The number of rotatable bonds is 7. The molecule has 4 bridgehead atoms. The van der Waals surface area contributed by atoms with E-state index in [0.29, 0.717) is 12.0 Å². The molecular formula is C24H32N2O3. The van der Waals surface area contributed by atoms with Crippen LogP contribution in [0.2, 0.25) is 0 Å². The Hall–Kier alpha value is -2.17. The first-order valence-corrected chi connectivity index (χ1v) is 11.1. The molecule has 0 heterocycles. The van der Waals surface area contributed by atoms with Gasteiger partial charge < -0.3 is 0 Å². The monoisotopic (exact) mass is 396 g/mol. The summed E-state index contributed by atoms with van der Waals surface area (Å²) >= 11 is 0. The van der Waals surface area contributed by atoms with Crippen molar-refractivity contribution in [2.45, 2.75) is 71.1 Å². The molecule has 156 valence electrons. The fourth-order valence-corrected chi connectivity index (χ4v) is 6.39. The van der Waals surface area contributed by atoms with Crippen molar-refractivity contribution in [2.75, 3.05) is 0 Å². The van der Waals surface area contributed by atoms with Crippen LogP contribution in [-0.2, 0) is 16.0 Å². The Morgan fingerprint density at radius 1 is 0.862 bits per heavy atom. The van der Waals surface area contributed by atoms with Gasteiger partial charge in [0.15, 0.2) is 5.78 Å². The van der Waals surface area contributed by atoms with Crippen molar-refractivity contribution in [1.29, 1.82) is 0 Å². The average molecular weight is 397 g/mol. The van der Waals surface area contributed by atoms with Crippen LogP contribution in [0.15, 0.2) is 24.3 Å². The molecule has 5 nitrogen and oxygen atoms in total. The highest BCUT2D eigenvalue weighted by molar-refractivity contribution is 5.98.